The summed E-state index contributed by atoms with van der Waals surface area (Å²) in [7, 11) is 0. The second kappa shape index (κ2) is 7.59. The van der Waals surface area contributed by atoms with Crippen LogP contribution in [0.3, 0.4) is 0 Å². The second-order valence-corrected chi connectivity index (χ2v) is 6.23. The first-order valence-corrected chi connectivity index (χ1v) is 8.08. The van der Waals surface area contributed by atoms with E-state index in [1.807, 2.05) is 0 Å². The summed E-state index contributed by atoms with van der Waals surface area (Å²) in [5.74, 6) is -4.71. The minimum Gasteiger partial charge on any atom is -0.502 e. The number of halogens is 5. The summed E-state index contributed by atoms with van der Waals surface area (Å²) in [6, 6.07) is 1.85. The summed E-state index contributed by atoms with van der Waals surface area (Å²) < 4.78 is 69.7. The van der Waals surface area contributed by atoms with Crippen molar-refractivity contribution in [1.82, 2.24) is 0 Å². The third kappa shape index (κ3) is 4.70. The van der Waals surface area contributed by atoms with E-state index in [1.54, 1.807) is 6.92 Å². The molecule has 2 rings (SSSR count). The van der Waals surface area contributed by atoms with Crippen LogP contribution in [-0.2, 0) is 17.1 Å². The van der Waals surface area contributed by atoms with Crippen molar-refractivity contribution in [1.29, 1.82) is 0 Å². The molecule has 0 amide bonds. The highest BCUT2D eigenvalue weighted by atomic mass is 19.4. The average Bonchev–Trinajstić information content (AvgIpc) is 3.35. The molecule has 0 N–H and O–H groups in total. The van der Waals surface area contributed by atoms with Crippen molar-refractivity contribution in [2.75, 3.05) is 6.61 Å². The van der Waals surface area contributed by atoms with Crippen LogP contribution in [0.2, 0.25) is 0 Å². The Balaban J connectivity index is 2.34. The number of nitro groups is 1. The minimum atomic E-state index is -5.83. The molecular formula is C17H18F5NO3. The van der Waals surface area contributed by atoms with Crippen molar-refractivity contribution in [3.63, 3.8) is 0 Å². The highest BCUT2D eigenvalue weighted by Gasteiger charge is 2.59. The summed E-state index contributed by atoms with van der Waals surface area (Å²) in [5.41, 5.74) is -1.39. The van der Waals surface area contributed by atoms with Gasteiger partial charge >= 0.3 is 12.1 Å². The molecule has 0 aromatic heterocycles. The molecule has 1 aliphatic carbocycles. The fourth-order valence-electron chi connectivity index (χ4n) is 2.54. The van der Waals surface area contributed by atoms with E-state index in [4.69, 9.17) is 4.74 Å². The third-order valence-corrected chi connectivity index (χ3v) is 4.08. The smallest absolute Gasteiger partial charge is 0.458 e. The van der Waals surface area contributed by atoms with Crippen molar-refractivity contribution in [2.24, 2.45) is 5.92 Å². The SMILES string of the molecule is CCOC=C(Cc1ccc(C(F)(F)C(F)(F)F)cc1[N+](=O)[O-])CC1CC1. The van der Waals surface area contributed by atoms with Gasteiger partial charge in [0.2, 0.25) is 0 Å². The first-order chi connectivity index (χ1) is 12.1. The molecule has 0 heterocycles. The predicted octanol–water partition coefficient (Wildman–Crippen LogP) is 5.51. The molecule has 1 saturated carbocycles. The van der Waals surface area contributed by atoms with E-state index >= 15 is 0 Å². The number of allylic oxidation sites excluding steroid dienone is 1. The van der Waals surface area contributed by atoms with Crippen LogP contribution in [0.1, 0.15) is 37.3 Å². The topological polar surface area (TPSA) is 52.4 Å². The van der Waals surface area contributed by atoms with Crippen molar-refractivity contribution in [3.05, 3.63) is 51.3 Å². The van der Waals surface area contributed by atoms with Gasteiger partial charge in [0.25, 0.3) is 5.69 Å². The largest absolute Gasteiger partial charge is 0.502 e. The standard InChI is InChI=1S/C17H18F5NO3/c1-2-26-10-12(7-11-3-4-11)8-13-5-6-14(9-15(13)23(24)25)16(18,19)17(20,21)22/h5-6,9-11H,2-4,7-8H2,1H3. The summed E-state index contributed by atoms with van der Waals surface area (Å²) in [6.07, 6.45) is -1.57. The Labute approximate surface area is 146 Å². The highest BCUT2D eigenvalue weighted by molar-refractivity contribution is 5.46. The first kappa shape index (κ1) is 20.1. The number of hydrogen-bond donors (Lipinski definition) is 0. The van der Waals surface area contributed by atoms with Crippen LogP contribution in [-0.4, -0.2) is 17.7 Å². The molecule has 144 valence electrons. The van der Waals surface area contributed by atoms with Crippen LogP contribution in [0.5, 0.6) is 0 Å². The molecule has 0 atom stereocenters. The molecule has 0 aliphatic heterocycles. The second-order valence-electron chi connectivity index (χ2n) is 6.23. The highest BCUT2D eigenvalue weighted by Crippen LogP contribution is 2.45. The van der Waals surface area contributed by atoms with E-state index in [9.17, 15) is 32.1 Å². The maximum absolute atomic E-state index is 13.5. The summed E-state index contributed by atoms with van der Waals surface area (Å²) >= 11 is 0. The van der Waals surface area contributed by atoms with Gasteiger partial charge in [-0.25, -0.2) is 0 Å². The Bertz CT molecular complexity index is 696. The van der Waals surface area contributed by atoms with Crippen LogP contribution in [0.15, 0.2) is 30.0 Å². The maximum Gasteiger partial charge on any atom is 0.458 e. The summed E-state index contributed by atoms with van der Waals surface area (Å²) in [6.45, 7) is 2.16. The van der Waals surface area contributed by atoms with Crippen LogP contribution in [0, 0.1) is 16.0 Å². The monoisotopic (exact) mass is 379 g/mol. The number of benzene rings is 1. The molecule has 1 aromatic carbocycles. The maximum atomic E-state index is 13.5. The molecule has 9 heteroatoms. The van der Waals surface area contributed by atoms with Gasteiger partial charge in [-0.2, -0.15) is 22.0 Å². The van der Waals surface area contributed by atoms with Gasteiger partial charge in [0.05, 0.1) is 17.8 Å². The van der Waals surface area contributed by atoms with Crippen molar-refractivity contribution in [3.8, 4) is 0 Å². The lowest BCUT2D eigenvalue weighted by Gasteiger charge is -2.20. The molecule has 1 aliphatic rings. The molecular weight excluding hydrogens is 361 g/mol. The van der Waals surface area contributed by atoms with Crippen molar-refractivity contribution >= 4 is 5.69 Å². The van der Waals surface area contributed by atoms with Gasteiger partial charge in [-0.15, -0.1) is 0 Å². The third-order valence-electron chi connectivity index (χ3n) is 4.08. The zero-order valence-corrected chi connectivity index (χ0v) is 14.0. The fraction of sp³-hybridized carbons (Fsp3) is 0.529. The van der Waals surface area contributed by atoms with Crippen LogP contribution in [0.4, 0.5) is 27.6 Å². The molecule has 0 saturated heterocycles. The molecule has 0 unspecified atom stereocenters. The molecule has 26 heavy (non-hydrogen) atoms. The fourth-order valence-corrected chi connectivity index (χ4v) is 2.54. The van der Waals surface area contributed by atoms with Gasteiger partial charge in [0, 0.05) is 23.6 Å². The number of ether oxygens (including phenoxy) is 1. The van der Waals surface area contributed by atoms with Crippen molar-refractivity contribution < 1.29 is 31.6 Å². The van der Waals surface area contributed by atoms with Crippen LogP contribution in [0.25, 0.3) is 0 Å². The lowest BCUT2D eigenvalue weighted by molar-refractivity contribution is -0.385. The van der Waals surface area contributed by atoms with Gasteiger partial charge in [0.15, 0.2) is 0 Å². The van der Waals surface area contributed by atoms with Gasteiger partial charge < -0.3 is 4.74 Å². The van der Waals surface area contributed by atoms with Gasteiger partial charge in [-0.3, -0.25) is 10.1 Å². The van der Waals surface area contributed by atoms with E-state index in [-0.39, 0.29) is 12.0 Å². The van der Waals surface area contributed by atoms with Crippen LogP contribution >= 0.6 is 0 Å². The molecule has 0 bridgehead atoms. The van der Waals surface area contributed by atoms with E-state index in [1.165, 1.54) is 6.26 Å². The van der Waals surface area contributed by atoms with E-state index < -0.39 is 28.3 Å². The normalized spacial score (nSPS) is 15.8. The van der Waals surface area contributed by atoms with E-state index in [2.05, 4.69) is 0 Å². The zero-order chi connectivity index (χ0) is 19.5. The summed E-state index contributed by atoms with van der Waals surface area (Å²) in [5, 5.41) is 11.2. The molecule has 1 aromatic rings. The first-order valence-electron chi connectivity index (χ1n) is 8.08. The lowest BCUT2D eigenvalue weighted by atomic mass is 9.97. The lowest BCUT2D eigenvalue weighted by Crippen LogP contribution is -2.33. The van der Waals surface area contributed by atoms with Gasteiger partial charge in [0.1, 0.15) is 0 Å². The van der Waals surface area contributed by atoms with Crippen LogP contribution < -0.4 is 0 Å². The Morgan fingerprint density at radius 1 is 1.31 bits per heavy atom. The Morgan fingerprint density at radius 2 is 1.96 bits per heavy atom. The van der Waals surface area contributed by atoms with Gasteiger partial charge in [-0.05, 0) is 37.7 Å². The number of hydrogen-bond acceptors (Lipinski definition) is 3. The zero-order valence-electron chi connectivity index (χ0n) is 14.0. The molecule has 0 spiro atoms. The molecule has 0 radical (unpaired) electrons. The Hall–Kier alpha value is -2.19. The molecule has 4 nitrogen and oxygen atoms in total. The number of rotatable bonds is 8. The number of nitro benzene ring substituents is 1. The van der Waals surface area contributed by atoms with Gasteiger partial charge in [-0.1, -0.05) is 12.1 Å². The number of nitrogens with zero attached hydrogens (tertiary/aromatic N) is 1. The van der Waals surface area contributed by atoms with E-state index in [0.717, 1.165) is 24.5 Å². The molecule has 1 fully saturated rings. The number of alkyl halides is 5. The van der Waals surface area contributed by atoms with Crippen molar-refractivity contribution in [2.45, 2.75) is 44.7 Å². The summed E-state index contributed by atoms with van der Waals surface area (Å²) in [4.78, 5) is 10.3. The minimum absolute atomic E-state index is 0.0602. The average molecular weight is 379 g/mol. The quantitative estimate of drug-likeness (QED) is 0.259. The Morgan fingerprint density at radius 3 is 2.46 bits per heavy atom. The van der Waals surface area contributed by atoms with E-state index in [0.29, 0.717) is 31.1 Å². The Kier molecular flexibility index (Phi) is 5.87. The predicted molar refractivity (Wildman–Crippen MR) is 83.8 cm³/mol.